The van der Waals surface area contributed by atoms with E-state index >= 15 is 0 Å². The number of hydrogen-bond acceptors (Lipinski definition) is 5. The fourth-order valence-corrected chi connectivity index (χ4v) is 4.20. The van der Waals surface area contributed by atoms with Crippen molar-refractivity contribution in [2.75, 3.05) is 18.9 Å². The number of nitrogens with zero attached hydrogens (tertiary/aromatic N) is 2. The van der Waals surface area contributed by atoms with Crippen molar-refractivity contribution in [2.24, 2.45) is 0 Å². The molecule has 0 aliphatic carbocycles. The van der Waals surface area contributed by atoms with Crippen molar-refractivity contribution >= 4 is 30.3 Å². The smallest absolute Gasteiger partial charge is 0.383 e. The minimum Gasteiger partial charge on any atom is -0.383 e. The molecule has 25 heavy (non-hydrogen) atoms. The number of benzene rings is 1. The van der Waals surface area contributed by atoms with Crippen LogP contribution >= 0.6 is 19.2 Å². The van der Waals surface area contributed by atoms with E-state index in [9.17, 15) is 17.7 Å². The zero-order chi connectivity index (χ0) is 18.8. The van der Waals surface area contributed by atoms with Crippen LogP contribution in [0.2, 0.25) is 5.02 Å². The summed E-state index contributed by atoms with van der Waals surface area (Å²) in [6.07, 6.45) is -4.91. The van der Waals surface area contributed by atoms with E-state index in [0.29, 0.717) is 0 Å². The molecule has 0 fully saturated rings. The van der Waals surface area contributed by atoms with Gasteiger partial charge in [0.15, 0.2) is 5.69 Å². The molecule has 2 N–H and O–H groups in total. The van der Waals surface area contributed by atoms with Crippen LogP contribution in [0.25, 0.3) is 5.69 Å². The Hall–Kier alpha value is -1.54. The Balaban J connectivity index is 2.76. The minimum atomic E-state index is -4.91. The average Bonchev–Trinajstić information content (AvgIpc) is 2.86. The summed E-state index contributed by atoms with van der Waals surface area (Å²) in [6, 6.07) is 5.91. The van der Waals surface area contributed by atoms with Gasteiger partial charge in [0.1, 0.15) is 11.1 Å². The molecule has 138 valence electrons. The van der Waals surface area contributed by atoms with Crippen LogP contribution in [-0.2, 0) is 19.8 Å². The maximum absolute atomic E-state index is 13.5. The maximum Gasteiger partial charge on any atom is 0.436 e. The number of nitrogens with two attached hydrogens (primary N) is 1. The van der Waals surface area contributed by atoms with E-state index < -0.39 is 30.6 Å². The highest BCUT2D eigenvalue weighted by Crippen LogP contribution is 2.51. The molecular weight excluding hydrogens is 382 g/mol. The van der Waals surface area contributed by atoms with E-state index in [0.717, 1.165) is 4.68 Å². The third kappa shape index (κ3) is 4.00. The Bertz CT molecular complexity index is 800. The van der Waals surface area contributed by atoms with Gasteiger partial charge in [0.2, 0.25) is 0 Å². The number of halogens is 4. The molecule has 0 unspecified atom stereocenters. The van der Waals surface area contributed by atoms with Crippen molar-refractivity contribution in [3.8, 4) is 5.69 Å². The van der Waals surface area contributed by atoms with Crippen LogP contribution in [0, 0.1) is 0 Å². The predicted molar refractivity (Wildman–Crippen MR) is 88.5 cm³/mol. The van der Waals surface area contributed by atoms with Gasteiger partial charge in [-0.15, -0.1) is 0 Å². The van der Waals surface area contributed by atoms with Gasteiger partial charge < -0.3 is 14.8 Å². The van der Waals surface area contributed by atoms with Gasteiger partial charge in [0.25, 0.3) is 0 Å². The second-order valence-corrected chi connectivity index (χ2v) is 7.20. The number of aromatic nitrogens is 2. The molecule has 0 aliphatic heterocycles. The summed E-state index contributed by atoms with van der Waals surface area (Å²) in [6.45, 7) is 2.71. The van der Waals surface area contributed by atoms with Crippen LogP contribution in [0.15, 0.2) is 24.3 Å². The zero-order valence-electron chi connectivity index (χ0n) is 13.4. The average molecular weight is 398 g/mol. The van der Waals surface area contributed by atoms with Crippen LogP contribution in [0.3, 0.4) is 0 Å². The van der Waals surface area contributed by atoms with Crippen LogP contribution in [-0.4, -0.2) is 23.0 Å². The zero-order valence-corrected chi connectivity index (χ0v) is 15.0. The number of rotatable bonds is 6. The van der Waals surface area contributed by atoms with E-state index in [1.807, 2.05) is 0 Å². The molecule has 0 spiro atoms. The first kappa shape index (κ1) is 19.8. The Morgan fingerprint density at radius 1 is 1.28 bits per heavy atom. The standard InChI is InChI=1S/C14H16ClF3N3O3P/c1-3-23-25(22,24-4-2)11-12(14(16,17)18)20-21(13(11)19)10-7-5-6-9(15)8-10/h5-8H,3-4,19H2,1-2H3. The summed E-state index contributed by atoms with van der Waals surface area (Å²) >= 11 is 5.86. The fraction of sp³-hybridized carbons (Fsp3) is 0.357. The molecule has 0 radical (unpaired) electrons. The second-order valence-electron chi connectivity index (χ2n) is 4.80. The summed E-state index contributed by atoms with van der Waals surface area (Å²) in [5, 5.41) is 2.97. The molecule has 0 saturated carbocycles. The van der Waals surface area contributed by atoms with Crippen molar-refractivity contribution in [3.05, 3.63) is 35.0 Å². The van der Waals surface area contributed by atoms with E-state index in [1.54, 1.807) is 6.07 Å². The molecule has 0 atom stereocenters. The van der Waals surface area contributed by atoms with Gasteiger partial charge in [0.05, 0.1) is 18.9 Å². The molecule has 2 aromatic rings. The third-order valence-corrected chi connectivity index (χ3v) is 5.51. The molecule has 2 rings (SSSR count). The molecule has 11 heteroatoms. The number of alkyl halides is 3. The van der Waals surface area contributed by atoms with Gasteiger partial charge in [-0.1, -0.05) is 17.7 Å². The highest BCUT2D eigenvalue weighted by Gasteiger charge is 2.47. The Morgan fingerprint density at radius 2 is 1.88 bits per heavy atom. The Kier molecular flexibility index (Phi) is 5.83. The first-order valence-electron chi connectivity index (χ1n) is 7.25. The molecule has 1 heterocycles. The van der Waals surface area contributed by atoms with Crippen molar-refractivity contribution < 1.29 is 26.8 Å². The van der Waals surface area contributed by atoms with Crippen molar-refractivity contribution in [3.63, 3.8) is 0 Å². The molecular formula is C14H16ClF3N3O3P. The van der Waals surface area contributed by atoms with E-state index in [1.165, 1.54) is 32.0 Å². The first-order chi connectivity index (χ1) is 11.6. The first-order valence-corrected chi connectivity index (χ1v) is 9.17. The molecule has 0 aliphatic rings. The summed E-state index contributed by atoms with van der Waals surface area (Å²) in [5.41, 5.74) is 4.62. The molecule has 0 saturated heterocycles. The van der Waals surface area contributed by atoms with Crippen LogP contribution in [0.1, 0.15) is 19.5 Å². The Morgan fingerprint density at radius 3 is 2.36 bits per heavy atom. The highest BCUT2D eigenvalue weighted by atomic mass is 35.5. The topological polar surface area (TPSA) is 79.4 Å². The van der Waals surface area contributed by atoms with Gasteiger partial charge >= 0.3 is 13.8 Å². The molecule has 0 amide bonds. The maximum atomic E-state index is 13.5. The van der Waals surface area contributed by atoms with Crippen LogP contribution in [0.5, 0.6) is 0 Å². The quantitative estimate of drug-likeness (QED) is 0.745. The van der Waals surface area contributed by atoms with Gasteiger partial charge in [-0.05, 0) is 32.0 Å². The SMILES string of the molecule is CCOP(=O)(OCC)c1c(C(F)(F)F)nn(-c2cccc(Cl)c2)c1N. The lowest BCUT2D eigenvalue weighted by molar-refractivity contribution is -0.140. The van der Waals surface area contributed by atoms with E-state index in [-0.39, 0.29) is 23.9 Å². The third-order valence-electron chi connectivity index (χ3n) is 3.09. The normalized spacial score (nSPS) is 12.6. The number of nitrogen functional groups attached to an aromatic ring is 1. The lowest BCUT2D eigenvalue weighted by Gasteiger charge is -2.18. The molecule has 1 aromatic heterocycles. The van der Waals surface area contributed by atoms with E-state index in [4.69, 9.17) is 26.4 Å². The fourth-order valence-electron chi connectivity index (χ4n) is 2.19. The minimum absolute atomic E-state index is 0.129. The second kappa shape index (κ2) is 7.37. The highest BCUT2D eigenvalue weighted by molar-refractivity contribution is 7.62. The lowest BCUT2D eigenvalue weighted by atomic mass is 10.3. The molecule has 6 nitrogen and oxygen atoms in total. The molecule has 0 bridgehead atoms. The van der Waals surface area contributed by atoms with Crippen molar-refractivity contribution in [1.82, 2.24) is 9.78 Å². The predicted octanol–water partition coefficient (Wildman–Crippen LogP) is 4.02. The van der Waals surface area contributed by atoms with Crippen LogP contribution < -0.4 is 11.0 Å². The van der Waals surface area contributed by atoms with Gasteiger partial charge in [-0.2, -0.15) is 18.3 Å². The van der Waals surface area contributed by atoms with E-state index in [2.05, 4.69) is 5.10 Å². The summed E-state index contributed by atoms with van der Waals surface area (Å²) < 4.78 is 64.1. The number of hydrogen-bond donors (Lipinski definition) is 1. The van der Waals surface area contributed by atoms with Gasteiger partial charge in [-0.25, -0.2) is 4.68 Å². The Labute approximate surface area is 147 Å². The van der Waals surface area contributed by atoms with Gasteiger partial charge in [0, 0.05) is 5.02 Å². The summed E-state index contributed by atoms with van der Waals surface area (Å²) in [4.78, 5) is 0. The van der Waals surface area contributed by atoms with Crippen LogP contribution in [0.4, 0.5) is 19.0 Å². The monoisotopic (exact) mass is 397 g/mol. The lowest BCUT2D eigenvalue weighted by Crippen LogP contribution is -2.22. The number of anilines is 1. The van der Waals surface area contributed by atoms with Crippen molar-refractivity contribution in [1.29, 1.82) is 0 Å². The summed E-state index contributed by atoms with van der Waals surface area (Å²) in [7, 11) is -4.32. The van der Waals surface area contributed by atoms with Gasteiger partial charge in [-0.3, -0.25) is 4.57 Å². The molecule has 1 aromatic carbocycles. The summed E-state index contributed by atoms with van der Waals surface area (Å²) in [5.74, 6) is -0.486. The largest absolute Gasteiger partial charge is 0.436 e. The van der Waals surface area contributed by atoms with Crippen molar-refractivity contribution in [2.45, 2.75) is 20.0 Å².